The van der Waals surface area contributed by atoms with Gasteiger partial charge in [-0.25, -0.2) is 0 Å². The fourth-order valence-corrected chi connectivity index (χ4v) is 1.63. The summed E-state index contributed by atoms with van der Waals surface area (Å²) in [6.07, 6.45) is 0.459. The number of amides is 1. The molecule has 0 atom stereocenters. The lowest BCUT2D eigenvalue weighted by atomic mass is 10.2. The van der Waals surface area contributed by atoms with Gasteiger partial charge in [-0.1, -0.05) is 11.6 Å². The van der Waals surface area contributed by atoms with E-state index in [-0.39, 0.29) is 12.3 Å². The van der Waals surface area contributed by atoms with Crippen LogP contribution in [0.4, 0.5) is 5.69 Å². The molecule has 5 nitrogen and oxygen atoms in total. The lowest BCUT2D eigenvalue weighted by Gasteiger charge is -2.17. The summed E-state index contributed by atoms with van der Waals surface area (Å²) in [6, 6.07) is 4.67. The second-order valence-electron chi connectivity index (χ2n) is 3.96. The number of rotatable bonds is 5. The SMILES string of the molecule is CN(CCCC(=O)O)C(=O)c1ccc(N)c(Cl)c1. The summed E-state index contributed by atoms with van der Waals surface area (Å²) < 4.78 is 0. The maximum atomic E-state index is 12.0. The molecule has 1 aromatic rings. The molecule has 6 heteroatoms. The van der Waals surface area contributed by atoms with Gasteiger partial charge in [0, 0.05) is 25.6 Å². The van der Waals surface area contributed by atoms with E-state index in [9.17, 15) is 9.59 Å². The van der Waals surface area contributed by atoms with Gasteiger partial charge in [0.15, 0.2) is 0 Å². The third-order valence-corrected chi connectivity index (χ3v) is 2.81. The Kier molecular flexibility index (Phi) is 4.97. The second kappa shape index (κ2) is 6.26. The number of aliphatic carboxylic acids is 1. The van der Waals surface area contributed by atoms with E-state index in [0.717, 1.165) is 0 Å². The van der Waals surface area contributed by atoms with Gasteiger partial charge in [0.1, 0.15) is 0 Å². The Morgan fingerprint density at radius 3 is 2.67 bits per heavy atom. The number of nitrogens with zero attached hydrogens (tertiary/aromatic N) is 1. The molecule has 1 amide bonds. The van der Waals surface area contributed by atoms with Gasteiger partial charge in [-0.15, -0.1) is 0 Å². The number of anilines is 1. The van der Waals surface area contributed by atoms with Crippen LogP contribution < -0.4 is 5.73 Å². The first-order valence-electron chi connectivity index (χ1n) is 5.44. The molecule has 0 aliphatic rings. The van der Waals surface area contributed by atoms with Gasteiger partial charge in [-0.2, -0.15) is 0 Å². The van der Waals surface area contributed by atoms with Crippen molar-refractivity contribution in [2.75, 3.05) is 19.3 Å². The molecule has 0 heterocycles. The smallest absolute Gasteiger partial charge is 0.303 e. The van der Waals surface area contributed by atoms with Crippen LogP contribution in [0, 0.1) is 0 Å². The minimum atomic E-state index is -0.869. The van der Waals surface area contributed by atoms with Crippen LogP contribution in [0.1, 0.15) is 23.2 Å². The third kappa shape index (κ3) is 3.92. The molecular formula is C12H15ClN2O3. The number of carbonyl (C=O) groups excluding carboxylic acids is 1. The fraction of sp³-hybridized carbons (Fsp3) is 0.333. The average molecular weight is 271 g/mol. The van der Waals surface area contributed by atoms with E-state index < -0.39 is 5.97 Å². The molecule has 0 aliphatic carbocycles. The van der Waals surface area contributed by atoms with Gasteiger partial charge >= 0.3 is 5.97 Å². The molecule has 0 bridgehead atoms. The van der Waals surface area contributed by atoms with Crippen molar-refractivity contribution in [3.8, 4) is 0 Å². The zero-order valence-electron chi connectivity index (χ0n) is 10.0. The molecule has 1 rings (SSSR count). The molecule has 0 unspecified atom stereocenters. The summed E-state index contributed by atoms with van der Waals surface area (Å²) in [5.41, 5.74) is 6.41. The van der Waals surface area contributed by atoms with Crippen molar-refractivity contribution >= 4 is 29.2 Å². The standard InChI is InChI=1S/C12H15ClN2O3/c1-15(6-2-3-11(16)17)12(18)8-4-5-10(14)9(13)7-8/h4-5,7H,2-3,6,14H2,1H3,(H,16,17). The molecule has 0 aromatic heterocycles. The number of carboxylic acid groups (broad SMARTS) is 1. The topological polar surface area (TPSA) is 83.6 Å². The van der Waals surface area contributed by atoms with Gasteiger partial charge in [0.25, 0.3) is 5.91 Å². The molecule has 1 aromatic carbocycles. The monoisotopic (exact) mass is 270 g/mol. The van der Waals surface area contributed by atoms with Crippen LogP contribution in [0.3, 0.4) is 0 Å². The number of nitrogens with two attached hydrogens (primary N) is 1. The first-order chi connectivity index (χ1) is 8.41. The molecular weight excluding hydrogens is 256 g/mol. The molecule has 0 fully saturated rings. The summed E-state index contributed by atoms with van der Waals surface area (Å²) in [7, 11) is 1.62. The van der Waals surface area contributed by atoms with Crippen molar-refractivity contribution in [1.82, 2.24) is 4.90 Å². The van der Waals surface area contributed by atoms with E-state index in [1.54, 1.807) is 19.2 Å². The van der Waals surface area contributed by atoms with Crippen molar-refractivity contribution < 1.29 is 14.7 Å². The predicted molar refractivity (Wildman–Crippen MR) is 69.7 cm³/mol. The second-order valence-corrected chi connectivity index (χ2v) is 4.37. The van der Waals surface area contributed by atoms with Gasteiger partial charge in [0.05, 0.1) is 10.7 Å². The highest BCUT2D eigenvalue weighted by Crippen LogP contribution is 2.20. The number of hydrogen-bond donors (Lipinski definition) is 2. The Balaban J connectivity index is 2.62. The Bertz CT molecular complexity index is 463. The van der Waals surface area contributed by atoms with Gasteiger partial charge < -0.3 is 15.7 Å². The molecule has 0 aliphatic heterocycles. The Morgan fingerprint density at radius 1 is 1.44 bits per heavy atom. The van der Waals surface area contributed by atoms with Crippen molar-refractivity contribution in [2.24, 2.45) is 0 Å². The maximum absolute atomic E-state index is 12.0. The fourth-order valence-electron chi connectivity index (χ4n) is 1.45. The number of halogens is 1. The number of benzene rings is 1. The van der Waals surface area contributed by atoms with E-state index >= 15 is 0 Å². The summed E-state index contributed by atoms with van der Waals surface area (Å²) in [4.78, 5) is 23.8. The van der Waals surface area contributed by atoms with Crippen molar-refractivity contribution in [3.63, 3.8) is 0 Å². The van der Waals surface area contributed by atoms with E-state index in [1.165, 1.54) is 11.0 Å². The summed E-state index contributed by atoms with van der Waals surface area (Å²) in [6.45, 7) is 0.382. The maximum Gasteiger partial charge on any atom is 0.303 e. The molecule has 3 N–H and O–H groups in total. The lowest BCUT2D eigenvalue weighted by Crippen LogP contribution is -2.28. The first-order valence-corrected chi connectivity index (χ1v) is 5.82. The van der Waals surface area contributed by atoms with E-state index in [2.05, 4.69) is 0 Å². The molecule has 0 radical (unpaired) electrons. The number of carbonyl (C=O) groups is 2. The number of nitrogen functional groups attached to an aromatic ring is 1. The van der Waals surface area contributed by atoms with Crippen molar-refractivity contribution in [3.05, 3.63) is 28.8 Å². The Labute approximate surface area is 110 Å². The van der Waals surface area contributed by atoms with E-state index in [1.807, 2.05) is 0 Å². The third-order valence-electron chi connectivity index (χ3n) is 2.48. The predicted octanol–water partition coefficient (Wildman–Crippen LogP) is 1.86. The number of hydrogen-bond acceptors (Lipinski definition) is 3. The highest BCUT2D eigenvalue weighted by molar-refractivity contribution is 6.33. The average Bonchev–Trinajstić information content (AvgIpc) is 2.31. The summed E-state index contributed by atoms with van der Waals surface area (Å²) in [5, 5.41) is 8.85. The zero-order valence-corrected chi connectivity index (χ0v) is 10.8. The molecule has 18 heavy (non-hydrogen) atoms. The van der Waals surface area contributed by atoms with Crippen molar-refractivity contribution in [2.45, 2.75) is 12.8 Å². The van der Waals surface area contributed by atoms with Gasteiger partial charge in [0.2, 0.25) is 0 Å². The summed E-state index contributed by atoms with van der Waals surface area (Å²) in [5.74, 6) is -1.08. The van der Waals surface area contributed by atoms with Crippen molar-refractivity contribution in [1.29, 1.82) is 0 Å². The highest BCUT2D eigenvalue weighted by Gasteiger charge is 2.12. The largest absolute Gasteiger partial charge is 0.481 e. The van der Waals surface area contributed by atoms with E-state index in [0.29, 0.717) is 29.2 Å². The molecule has 98 valence electrons. The van der Waals surface area contributed by atoms with Crippen LogP contribution in [0.5, 0.6) is 0 Å². The minimum absolute atomic E-state index is 0.0418. The zero-order chi connectivity index (χ0) is 13.7. The number of carboxylic acids is 1. The Morgan fingerprint density at radius 2 is 2.11 bits per heavy atom. The van der Waals surface area contributed by atoms with Gasteiger partial charge in [-0.3, -0.25) is 9.59 Å². The van der Waals surface area contributed by atoms with Crippen LogP contribution in [0.15, 0.2) is 18.2 Å². The van der Waals surface area contributed by atoms with Crippen LogP contribution in [-0.2, 0) is 4.79 Å². The molecule has 0 saturated heterocycles. The Hall–Kier alpha value is -1.75. The highest BCUT2D eigenvalue weighted by atomic mass is 35.5. The normalized spacial score (nSPS) is 10.1. The first kappa shape index (κ1) is 14.3. The molecule has 0 saturated carbocycles. The van der Waals surface area contributed by atoms with Crippen LogP contribution in [0.25, 0.3) is 0 Å². The van der Waals surface area contributed by atoms with Gasteiger partial charge in [-0.05, 0) is 24.6 Å². The lowest BCUT2D eigenvalue weighted by molar-refractivity contribution is -0.137. The van der Waals surface area contributed by atoms with E-state index in [4.69, 9.17) is 22.4 Å². The van der Waals surface area contributed by atoms with Crippen LogP contribution >= 0.6 is 11.6 Å². The summed E-state index contributed by atoms with van der Waals surface area (Å²) >= 11 is 5.84. The molecule has 0 spiro atoms. The van der Waals surface area contributed by atoms with Crippen LogP contribution in [0.2, 0.25) is 5.02 Å². The van der Waals surface area contributed by atoms with Crippen LogP contribution in [-0.4, -0.2) is 35.5 Å². The quantitative estimate of drug-likeness (QED) is 0.800. The minimum Gasteiger partial charge on any atom is -0.481 e.